The smallest absolute Gasteiger partial charge is 0.345 e. The summed E-state index contributed by atoms with van der Waals surface area (Å²) in [6, 6.07) is 3.59. The van der Waals surface area contributed by atoms with Crippen LogP contribution in [-0.2, 0) is 19.1 Å². The number of ether oxygens (including phenoxy) is 2. The number of carbonyl (C=O) groups excluding carboxylic acids is 3. The lowest BCUT2D eigenvalue weighted by atomic mass is 10.2. The van der Waals surface area contributed by atoms with Crippen molar-refractivity contribution in [3.05, 3.63) is 50.0 Å². The van der Waals surface area contributed by atoms with Crippen LogP contribution in [0.25, 0.3) is 0 Å². The van der Waals surface area contributed by atoms with E-state index in [9.17, 15) is 24.5 Å². The highest BCUT2D eigenvalue weighted by Gasteiger charge is 2.28. The summed E-state index contributed by atoms with van der Waals surface area (Å²) in [4.78, 5) is 47.2. The standard InChI is InChI=1S/C16H15ClN2O7S/c1-2-25-15(21)8-14-18(13(20)9-27-14)5-6-26-16(22)11-4-3-10(17)7-12(11)19(23)24/h3-4,7-8H,2,5-6,9H2,1H3/b14-8-. The van der Waals surface area contributed by atoms with Crippen LogP contribution in [0.3, 0.4) is 0 Å². The SMILES string of the molecule is CCOC(=O)/C=C1\SCC(=O)N1CCOC(=O)c1ccc(Cl)cc1[N+](=O)[O-]. The molecule has 1 aromatic rings. The summed E-state index contributed by atoms with van der Waals surface area (Å²) in [6.45, 7) is 1.67. The maximum absolute atomic E-state index is 12.1. The number of nitro groups is 1. The number of esters is 2. The third-order valence-electron chi connectivity index (χ3n) is 3.36. The highest BCUT2D eigenvalue weighted by atomic mass is 35.5. The zero-order valence-corrected chi connectivity index (χ0v) is 15.7. The molecule has 0 aliphatic carbocycles. The first-order valence-electron chi connectivity index (χ1n) is 7.76. The van der Waals surface area contributed by atoms with Crippen molar-refractivity contribution >= 4 is 46.9 Å². The maximum Gasteiger partial charge on any atom is 0.345 e. The largest absolute Gasteiger partial charge is 0.463 e. The first-order valence-corrected chi connectivity index (χ1v) is 9.12. The third-order valence-corrected chi connectivity index (χ3v) is 4.62. The van der Waals surface area contributed by atoms with Crippen molar-refractivity contribution in [1.29, 1.82) is 0 Å². The molecule has 144 valence electrons. The zero-order chi connectivity index (χ0) is 20.0. The fraction of sp³-hybridized carbons (Fsp3) is 0.312. The Morgan fingerprint density at radius 2 is 2.15 bits per heavy atom. The average molecular weight is 415 g/mol. The number of hydrogen-bond acceptors (Lipinski definition) is 8. The van der Waals surface area contributed by atoms with E-state index in [2.05, 4.69) is 0 Å². The molecule has 0 unspecified atom stereocenters. The van der Waals surface area contributed by atoms with E-state index in [1.165, 1.54) is 34.9 Å². The molecule has 1 amide bonds. The Morgan fingerprint density at radius 3 is 2.81 bits per heavy atom. The highest BCUT2D eigenvalue weighted by molar-refractivity contribution is 8.04. The number of rotatable bonds is 7. The maximum atomic E-state index is 12.1. The molecule has 11 heteroatoms. The fourth-order valence-electron chi connectivity index (χ4n) is 2.19. The lowest BCUT2D eigenvalue weighted by molar-refractivity contribution is -0.385. The summed E-state index contributed by atoms with van der Waals surface area (Å²) in [5.41, 5.74) is -0.711. The lowest BCUT2D eigenvalue weighted by Gasteiger charge is -2.16. The Morgan fingerprint density at radius 1 is 1.41 bits per heavy atom. The fourth-order valence-corrected chi connectivity index (χ4v) is 3.31. The highest BCUT2D eigenvalue weighted by Crippen LogP contribution is 2.29. The summed E-state index contributed by atoms with van der Waals surface area (Å²) in [6.07, 6.45) is 1.20. The van der Waals surface area contributed by atoms with E-state index in [4.69, 9.17) is 21.1 Å². The zero-order valence-electron chi connectivity index (χ0n) is 14.2. The van der Waals surface area contributed by atoms with Crippen LogP contribution in [0.5, 0.6) is 0 Å². The van der Waals surface area contributed by atoms with Crippen molar-refractivity contribution < 1.29 is 28.8 Å². The average Bonchev–Trinajstić information content (AvgIpc) is 2.95. The molecule has 2 rings (SSSR count). The number of hydrogen-bond donors (Lipinski definition) is 0. The van der Waals surface area contributed by atoms with Gasteiger partial charge in [0.05, 0.1) is 34.9 Å². The van der Waals surface area contributed by atoms with Gasteiger partial charge < -0.3 is 14.4 Å². The number of amides is 1. The van der Waals surface area contributed by atoms with E-state index in [-0.39, 0.29) is 42.0 Å². The molecule has 0 saturated carbocycles. The molecule has 0 bridgehead atoms. The Bertz CT molecular complexity index is 812. The minimum Gasteiger partial charge on any atom is -0.463 e. The Kier molecular flexibility index (Phi) is 7.19. The second-order valence-electron chi connectivity index (χ2n) is 5.12. The summed E-state index contributed by atoms with van der Waals surface area (Å²) < 4.78 is 9.84. The quantitative estimate of drug-likeness (QED) is 0.289. The molecular formula is C16H15ClN2O7S. The first-order chi connectivity index (χ1) is 12.8. The minimum atomic E-state index is -0.909. The van der Waals surface area contributed by atoms with Crippen LogP contribution in [0.15, 0.2) is 29.3 Å². The van der Waals surface area contributed by atoms with Gasteiger partial charge in [0.15, 0.2) is 0 Å². The molecule has 0 N–H and O–H groups in total. The van der Waals surface area contributed by atoms with Crippen LogP contribution in [-0.4, -0.2) is 53.2 Å². The number of benzene rings is 1. The summed E-state index contributed by atoms with van der Waals surface area (Å²) >= 11 is 6.87. The molecule has 1 fully saturated rings. The van der Waals surface area contributed by atoms with Crippen LogP contribution in [0.4, 0.5) is 5.69 Å². The summed E-state index contributed by atoms with van der Waals surface area (Å²) in [5.74, 6) is -1.58. The monoisotopic (exact) mass is 414 g/mol. The van der Waals surface area contributed by atoms with E-state index >= 15 is 0 Å². The number of thioether (sulfide) groups is 1. The predicted octanol–water partition coefficient (Wildman–Crippen LogP) is 2.38. The van der Waals surface area contributed by atoms with Crippen LogP contribution >= 0.6 is 23.4 Å². The van der Waals surface area contributed by atoms with Crippen LogP contribution in [0.1, 0.15) is 17.3 Å². The van der Waals surface area contributed by atoms with E-state index in [1.54, 1.807) is 6.92 Å². The molecule has 1 heterocycles. The molecule has 0 atom stereocenters. The molecule has 1 aromatic carbocycles. The van der Waals surface area contributed by atoms with E-state index < -0.39 is 22.5 Å². The minimum absolute atomic E-state index is 0.00417. The summed E-state index contributed by atoms with van der Waals surface area (Å²) in [7, 11) is 0. The van der Waals surface area contributed by atoms with Gasteiger partial charge in [-0.1, -0.05) is 23.4 Å². The van der Waals surface area contributed by atoms with Crippen molar-refractivity contribution in [3.63, 3.8) is 0 Å². The molecular weight excluding hydrogens is 400 g/mol. The molecule has 1 saturated heterocycles. The van der Waals surface area contributed by atoms with Gasteiger partial charge in [-0.25, -0.2) is 9.59 Å². The Balaban J connectivity index is 2.01. The van der Waals surface area contributed by atoms with Crippen molar-refractivity contribution in [2.24, 2.45) is 0 Å². The molecule has 27 heavy (non-hydrogen) atoms. The Labute approximate surface area is 163 Å². The number of carbonyl (C=O) groups is 3. The van der Waals surface area contributed by atoms with Gasteiger partial charge >= 0.3 is 11.9 Å². The van der Waals surface area contributed by atoms with Crippen LogP contribution in [0, 0.1) is 10.1 Å². The van der Waals surface area contributed by atoms with Crippen LogP contribution in [0.2, 0.25) is 5.02 Å². The van der Waals surface area contributed by atoms with Gasteiger partial charge in [0.25, 0.3) is 5.69 Å². The second-order valence-corrected chi connectivity index (χ2v) is 6.56. The molecule has 1 aliphatic rings. The third kappa shape index (κ3) is 5.44. The van der Waals surface area contributed by atoms with E-state index in [0.29, 0.717) is 5.03 Å². The molecule has 1 aliphatic heterocycles. The van der Waals surface area contributed by atoms with E-state index in [0.717, 1.165) is 6.07 Å². The van der Waals surface area contributed by atoms with Gasteiger partial charge in [-0.05, 0) is 19.1 Å². The number of halogens is 1. The number of nitro benzene ring substituents is 1. The first kappa shape index (κ1) is 20.7. The van der Waals surface area contributed by atoms with Crippen molar-refractivity contribution in [3.8, 4) is 0 Å². The molecule has 0 aromatic heterocycles. The molecule has 0 radical (unpaired) electrons. The van der Waals surface area contributed by atoms with Crippen molar-refractivity contribution in [2.75, 3.05) is 25.5 Å². The van der Waals surface area contributed by atoms with Crippen molar-refractivity contribution in [1.82, 2.24) is 4.90 Å². The van der Waals surface area contributed by atoms with Gasteiger partial charge in [0.2, 0.25) is 5.91 Å². The van der Waals surface area contributed by atoms with E-state index in [1.807, 2.05) is 0 Å². The van der Waals surface area contributed by atoms with Gasteiger partial charge in [0, 0.05) is 11.1 Å². The topological polar surface area (TPSA) is 116 Å². The van der Waals surface area contributed by atoms with Gasteiger partial charge in [0.1, 0.15) is 12.2 Å². The number of nitrogens with zero attached hydrogens (tertiary/aromatic N) is 2. The molecule has 0 spiro atoms. The predicted molar refractivity (Wildman–Crippen MR) is 97.3 cm³/mol. The van der Waals surface area contributed by atoms with Gasteiger partial charge in [-0.3, -0.25) is 14.9 Å². The lowest BCUT2D eigenvalue weighted by Crippen LogP contribution is -2.29. The summed E-state index contributed by atoms with van der Waals surface area (Å²) in [5, 5.41) is 11.5. The Hall–Kier alpha value is -2.59. The molecule has 9 nitrogen and oxygen atoms in total. The second kappa shape index (κ2) is 9.38. The van der Waals surface area contributed by atoms with Gasteiger partial charge in [-0.2, -0.15) is 0 Å². The van der Waals surface area contributed by atoms with Crippen LogP contribution < -0.4 is 0 Å². The van der Waals surface area contributed by atoms with Crippen molar-refractivity contribution in [2.45, 2.75) is 6.92 Å². The normalized spacial score (nSPS) is 15.1. The van der Waals surface area contributed by atoms with Gasteiger partial charge in [-0.15, -0.1) is 0 Å².